The van der Waals surface area contributed by atoms with E-state index in [0.29, 0.717) is 17.2 Å². The Morgan fingerprint density at radius 3 is 2.48 bits per heavy atom. The van der Waals surface area contributed by atoms with Crippen LogP contribution in [0.3, 0.4) is 0 Å². The Kier molecular flexibility index (Phi) is 3.99. The van der Waals surface area contributed by atoms with E-state index in [2.05, 4.69) is 27.5 Å². The molecule has 0 bridgehead atoms. The summed E-state index contributed by atoms with van der Waals surface area (Å²) in [5, 5.41) is 2.97. The van der Waals surface area contributed by atoms with Crippen LogP contribution in [0, 0.1) is 0 Å². The van der Waals surface area contributed by atoms with Gasteiger partial charge in [-0.05, 0) is 36.8 Å². The zero-order valence-electron chi connectivity index (χ0n) is 13.5. The van der Waals surface area contributed by atoms with Gasteiger partial charge in [0.25, 0.3) is 0 Å². The Morgan fingerprint density at radius 2 is 1.76 bits per heavy atom. The second-order valence-electron chi connectivity index (χ2n) is 5.56. The molecule has 0 aliphatic heterocycles. The molecule has 5 heteroatoms. The first-order valence-electron chi connectivity index (χ1n) is 7.79. The van der Waals surface area contributed by atoms with E-state index in [-0.39, 0.29) is 5.78 Å². The standard InChI is InChI=1S/C20H14N2O2S/c1-13(23)14-7-9-16(10-8-14)24-19-18-17(15-5-3-2-4-6-15)11-25-20(18)22-12-21-19/h2-12H,1H3. The number of hydrogen-bond acceptors (Lipinski definition) is 5. The molecular formula is C20H14N2O2S. The van der Waals surface area contributed by atoms with Gasteiger partial charge in [-0.15, -0.1) is 11.3 Å². The average Bonchev–Trinajstić information content (AvgIpc) is 3.08. The third kappa shape index (κ3) is 3.02. The van der Waals surface area contributed by atoms with E-state index in [1.54, 1.807) is 42.5 Å². The van der Waals surface area contributed by atoms with Gasteiger partial charge in [0.15, 0.2) is 5.78 Å². The molecule has 0 radical (unpaired) electrons. The van der Waals surface area contributed by atoms with Crippen molar-refractivity contribution in [1.82, 2.24) is 9.97 Å². The highest BCUT2D eigenvalue weighted by Crippen LogP contribution is 2.38. The minimum absolute atomic E-state index is 0.0279. The molecule has 0 aliphatic rings. The molecule has 25 heavy (non-hydrogen) atoms. The van der Waals surface area contributed by atoms with Crippen molar-refractivity contribution >= 4 is 27.3 Å². The lowest BCUT2D eigenvalue weighted by Crippen LogP contribution is -1.93. The zero-order valence-corrected chi connectivity index (χ0v) is 14.3. The van der Waals surface area contributed by atoms with Gasteiger partial charge in [0.05, 0.1) is 5.39 Å². The van der Waals surface area contributed by atoms with Crippen LogP contribution in [0.15, 0.2) is 66.3 Å². The van der Waals surface area contributed by atoms with Crippen LogP contribution in [0.5, 0.6) is 11.6 Å². The number of benzene rings is 2. The molecule has 0 N–H and O–H groups in total. The van der Waals surface area contributed by atoms with Gasteiger partial charge in [0.1, 0.15) is 16.9 Å². The van der Waals surface area contributed by atoms with Gasteiger partial charge >= 0.3 is 0 Å². The number of carbonyl (C=O) groups is 1. The lowest BCUT2D eigenvalue weighted by molar-refractivity contribution is 0.101. The molecule has 2 aromatic carbocycles. The lowest BCUT2D eigenvalue weighted by Gasteiger charge is -2.08. The fourth-order valence-electron chi connectivity index (χ4n) is 2.62. The normalized spacial score (nSPS) is 10.8. The smallest absolute Gasteiger partial charge is 0.231 e. The van der Waals surface area contributed by atoms with Crippen molar-refractivity contribution in [2.24, 2.45) is 0 Å². The molecule has 122 valence electrons. The predicted molar refractivity (Wildman–Crippen MR) is 99.4 cm³/mol. The van der Waals surface area contributed by atoms with Crippen molar-refractivity contribution < 1.29 is 9.53 Å². The number of hydrogen-bond donors (Lipinski definition) is 0. The summed E-state index contributed by atoms with van der Waals surface area (Å²) >= 11 is 1.56. The lowest BCUT2D eigenvalue weighted by atomic mass is 10.1. The van der Waals surface area contributed by atoms with Crippen LogP contribution in [0.25, 0.3) is 21.3 Å². The van der Waals surface area contributed by atoms with Crippen LogP contribution in [-0.2, 0) is 0 Å². The van der Waals surface area contributed by atoms with E-state index < -0.39 is 0 Å². The maximum atomic E-state index is 11.4. The van der Waals surface area contributed by atoms with E-state index >= 15 is 0 Å². The molecule has 0 unspecified atom stereocenters. The summed E-state index contributed by atoms with van der Waals surface area (Å²) in [5.41, 5.74) is 2.80. The van der Waals surface area contributed by atoms with Gasteiger partial charge in [-0.25, -0.2) is 9.97 Å². The van der Waals surface area contributed by atoms with Crippen LogP contribution >= 0.6 is 11.3 Å². The first kappa shape index (κ1) is 15.5. The number of rotatable bonds is 4. The number of aromatic nitrogens is 2. The van der Waals surface area contributed by atoms with Crippen molar-refractivity contribution in [3.05, 3.63) is 71.9 Å². The first-order chi connectivity index (χ1) is 12.2. The van der Waals surface area contributed by atoms with E-state index in [1.165, 1.54) is 6.33 Å². The molecule has 0 saturated carbocycles. The highest BCUT2D eigenvalue weighted by molar-refractivity contribution is 7.17. The van der Waals surface area contributed by atoms with E-state index in [4.69, 9.17) is 4.74 Å². The quantitative estimate of drug-likeness (QED) is 0.467. The second kappa shape index (κ2) is 6.45. The van der Waals surface area contributed by atoms with Gasteiger partial charge in [-0.2, -0.15) is 0 Å². The molecule has 0 spiro atoms. The molecule has 4 aromatic rings. The monoisotopic (exact) mass is 346 g/mol. The number of nitrogens with zero attached hydrogens (tertiary/aromatic N) is 2. The largest absolute Gasteiger partial charge is 0.438 e. The molecule has 0 atom stereocenters. The van der Waals surface area contributed by atoms with Crippen LogP contribution in [0.1, 0.15) is 17.3 Å². The number of ether oxygens (including phenoxy) is 1. The van der Waals surface area contributed by atoms with Gasteiger partial charge in [0, 0.05) is 16.5 Å². The summed E-state index contributed by atoms with van der Waals surface area (Å²) in [6.45, 7) is 1.54. The van der Waals surface area contributed by atoms with E-state index in [9.17, 15) is 4.79 Å². The van der Waals surface area contributed by atoms with Crippen LogP contribution in [0.2, 0.25) is 0 Å². The SMILES string of the molecule is CC(=O)c1ccc(Oc2ncnc3scc(-c4ccccc4)c23)cc1. The van der Waals surface area contributed by atoms with Gasteiger partial charge in [-0.1, -0.05) is 30.3 Å². The maximum Gasteiger partial charge on any atom is 0.231 e. The molecular weight excluding hydrogens is 332 g/mol. The number of carbonyl (C=O) groups excluding carboxylic acids is 1. The van der Waals surface area contributed by atoms with Crippen LogP contribution in [-0.4, -0.2) is 15.8 Å². The molecule has 0 fully saturated rings. The van der Waals surface area contributed by atoms with Gasteiger partial charge in [0.2, 0.25) is 5.88 Å². The number of Topliss-reactive ketones (excluding diaryl/α,β-unsaturated/α-hetero) is 1. The molecule has 4 rings (SSSR count). The highest BCUT2D eigenvalue weighted by atomic mass is 32.1. The Labute approximate surface area is 148 Å². The summed E-state index contributed by atoms with van der Waals surface area (Å²) in [5.74, 6) is 1.18. The number of ketones is 1. The molecule has 4 nitrogen and oxygen atoms in total. The van der Waals surface area contributed by atoms with E-state index in [1.807, 2.05) is 18.2 Å². The fourth-order valence-corrected chi connectivity index (χ4v) is 3.53. The van der Waals surface area contributed by atoms with Gasteiger partial charge in [-0.3, -0.25) is 4.79 Å². The Hall–Kier alpha value is -3.05. The summed E-state index contributed by atoms with van der Waals surface area (Å²) in [4.78, 5) is 20.9. The van der Waals surface area contributed by atoms with Crippen molar-refractivity contribution in [3.63, 3.8) is 0 Å². The fraction of sp³-hybridized carbons (Fsp3) is 0.0500. The third-order valence-corrected chi connectivity index (χ3v) is 4.78. The minimum atomic E-state index is 0.0279. The van der Waals surface area contributed by atoms with Crippen molar-refractivity contribution in [2.75, 3.05) is 0 Å². The Balaban J connectivity index is 1.77. The van der Waals surface area contributed by atoms with Gasteiger partial charge < -0.3 is 4.74 Å². The summed E-state index contributed by atoms with van der Waals surface area (Å²) < 4.78 is 5.99. The highest BCUT2D eigenvalue weighted by Gasteiger charge is 2.14. The Bertz CT molecular complexity index is 1040. The minimum Gasteiger partial charge on any atom is -0.438 e. The number of thiophene rings is 1. The molecule has 0 amide bonds. The summed E-state index contributed by atoms with van der Waals surface area (Å²) in [7, 11) is 0. The summed E-state index contributed by atoms with van der Waals surface area (Å²) in [6, 6.07) is 17.2. The van der Waals surface area contributed by atoms with Crippen molar-refractivity contribution in [2.45, 2.75) is 6.92 Å². The van der Waals surface area contributed by atoms with Crippen LogP contribution in [0.4, 0.5) is 0 Å². The Morgan fingerprint density at radius 1 is 1.00 bits per heavy atom. The summed E-state index contributed by atoms with van der Waals surface area (Å²) in [6.07, 6.45) is 1.51. The predicted octanol–water partition coefficient (Wildman–Crippen LogP) is 5.35. The molecule has 0 saturated heterocycles. The molecule has 2 aromatic heterocycles. The van der Waals surface area contributed by atoms with Crippen molar-refractivity contribution in [1.29, 1.82) is 0 Å². The molecule has 2 heterocycles. The maximum absolute atomic E-state index is 11.4. The zero-order chi connectivity index (χ0) is 17.2. The average molecular weight is 346 g/mol. The van der Waals surface area contributed by atoms with Crippen molar-refractivity contribution in [3.8, 4) is 22.8 Å². The second-order valence-corrected chi connectivity index (χ2v) is 6.42. The van der Waals surface area contributed by atoms with E-state index in [0.717, 1.165) is 21.3 Å². The topological polar surface area (TPSA) is 52.1 Å². The molecule has 0 aliphatic carbocycles. The third-order valence-electron chi connectivity index (χ3n) is 3.90. The number of fused-ring (bicyclic) bond motifs is 1. The van der Waals surface area contributed by atoms with Crippen LogP contribution < -0.4 is 4.74 Å². The first-order valence-corrected chi connectivity index (χ1v) is 8.67.